The molecule has 0 aromatic carbocycles. The Kier molecular flexibility index (Phi) is 4.18. The molecule has 1 N–H and O–H groups in total. The van der Waals surface area contributed by atoms with E-state index in [9.17, 15) is 18.0 Å². The van der Waals surface area contributed by atoms with Crippen LogP contribution in [0.15, 0.2) is 34.1 Å². The second-order valence-corrected chi connectivity index (χ2v) is 5.74. The second kappa shape index (κ2) is 6.15. The molecule has 0 spiro atoms. The highest BCUT2D eigenvalue weighted by Gasteiger charge is 2.31. The molecule has 0 aliphatic heterocycles. The van der Waals surface area contributed by atoms with E-state index >= 15 is 0 Å². The van der Waals surface area contributed by atoms with Crippen LogP contribution in [-0.2, 0) is 11.0 Å². The average molecular weight is 357 g/mol. The summed E-state index contributed by atoms with van der Waals surface area (Å²) < 4.78 is 44.4. The van der Waals surface area contributed by atoms with Crippen molar-refractivity contribution in [2.75, 3.05) is 11.1 Å². The number of anilines is 1. The fraction of sp³-hybridized carbons (Fsp3) is 0.231. The summed E-state index contributed by atoms with van der Waals surface area (Å²) in [5.41, 5.74) is 0.0519. The minimum atomic E-state index is -4.47. The van der Waals surface area contributed by atoms with Crippen LogP contribution in [0.25, 0.3) is 5.65 Å². The van der Waals surface area contributed by atoms with Crippen LogP contribution in [-0.4, -0.2) is 31.4 Å². The number of rotatable bonds is 4. The summed E-state index contributed by atoms with van der Waals surface area (Å²) in [6.07, 6.45) is -3.57. The van der Waals surface area contributed by atoms with Gasteiger partial charge in [0, 0.05) is 12.3 Å². The smallest absolute Gasteiger partial charge is 0.338 e. The highest BCUT2D eigenvalue weighted by molar-refractivity contribution is 7.99. The Morgan fingerprint density at radius 1 is 1.38 bits per heavy atom. The average Bonchev–Trinajstić information content (AvgIpc) is 3.10. The van der Waals surface area contributed by atoms with Gasteiger partial charge >= 0.3 is 6.18 Å². The van der Waals surface area contributed by atoms with Crippen LogP contribution in [0.3, 0.4) is 0 Å². The van der Waals surface area contributed by atoms with Gasteiger partial charge in [-0.25, -0.2) is 0 Å². The number of nitrogens with one attached hydrogen (secondary N) is 1. The Labute approximate surface area is 137 Å². The molecule has 11 heteroatoms. The number of aryl methyl sites for hydroxylation is 1. The molecule has 0 atom stereocenters. The number of aromatic nitrogens is 4. The van der Waals surface area contributed by atoms with Crippen molar-refractivity contribution in [1.29, 1.82) is 0 Å². The van der Waals surface area contributed by atoms with E-state index in [0.717, 1.165) is 24.0 Å². The Hall–Kier alpha value is -2.56. The summed E-state index contributed by atoms with van der Waals surface area (Å²) in [6, 6.07) is 3.69. The summed E-state index contributed by atoms with van der Waals surface area (Å²) in [7, 11) is 0. The predicted octanol–water partition coefficient (Wildman–Crippen LogP) is 2.78. The van der Waals surface area contributed by atoms with Gasteiger partial charge in [0.05, 0.1) is 17.0 Å². The van der Waals surface area contributed by atoms with Gasteiger partial charge in [0.2, 0.25) is 11.8 Å². The molecule has 3 rings (SSSR count). The number of carbonyl (C=O) groups excluding carboxylic acids is 1. The van der Waals surface area contributed by atoms with E-state index in [2.05, 4.69) is 20.7 Å². The van der Waals surface area contributed by atoms with Crippen LogP contribution in [0.5, 0.6) is 0 Å². The SMILES string of the molecule is Cc1cc(NC(=O)CSc2nnc3ccc(C(F)(F)F)cn23)on1. The number of carbonyl (C=O) groups is 1. The summed E-state index contributed by atoms with van der Waals surface area (Å²) in [5.74, 6) is -0.278. The summed E-state index contributed by atoms with van der Waals surface area (Å²) >= 11 is 0.958. The Balaban J connectivity index is 1.71. The van der Waals surface area contributed by atoms with E-state index < -0.39 is 17.6 Å². The first-order valence-corrected chi connectivity index (χ1v) is 7.59. The van der Waals surface area contributed by atoms with Crippen LogP contribution in [0.1, 0.15) is 11.3 Å². The van der Waals surface area contributed by atoms with Crippen molar-refractivity contribution in [3.05, 3.63) is 35.7 Å². The lowest BCUT2D eigenvalue weighted by Crippen LogP contribution is -2.13. The molecule has 1 amide bonds. The first-order chi connectivity index (χ1) is 11.3. The maximum atomic E-state index is 12.8. The summed E-state index contributed by atoms with van der Waals surface area (Å²) in [5, 5.41) is 13.9. The molecule has 24 heavy (non-hydrogen) atoms. The molecule has 0 bridgehead atoms. The third kappa shape index (κ3) is 3.50. The molecule has 3 aromatic rings. The topological polar surface area (TPSA) is 85.3 Å². The number of pyridine rings is 1. The molecule has 0 saturated heterocycles. The molecule has 0 radical (unpaired) electrons. The third-order valence-electron chi connectivity index (χ3n) is 2.92. The van der Waals surface area contributed by atoms with Crippen LogP contribution >= 0.6 is 11.8 Å². The number of nitrogens with zero attached hydrogens (tertiary/aromatic N) is 4. The second-order valence-electron chi connectivity index (χ2n) is 4.80. The van der Waals surface area contributed by atoms with Crippen LogP contribution in [0.4, 0.5) is 19.1 Å². The first kappa shape index (κ1) is 16.3. The standard InChI is InChI=1S/C13H10F3N5O2S/c1-7-4-11(23-20-7)17-10(22)6-24-12-19-18-9-3-2-8(5-21(9)12)13(14,15)16/h2-5H,6H2,1H3,(H,17,22). The van der Waals surface area contributed by atoms with E-state index in [0.29, 0.717) is 5.69 Å². The maximum absolute atomic E-state index is 12.8. The number of fused-ring (bicyclic) bond motifs is 1. The van der Waals surface area contributed by atoms with Crippen LogP contribution < -0.4 is 5.32 Å². The molecule has 3 aromatic heterocycles. The molecule has 0 aliphatic carbocycles. The number of alkyl halides is 3. The Bertz CT molecular complexity index is 889. The maximum Gasteiger partial charge on any atom is 0.417 e. The molecular weight excluding hydrogens is 347 g/mol. The van der Waals surface area contributed by atoms with E-state index in [-0.39, 0.29) is 22.4 Å². The van der Waals surface area contributed by atoms with Crippen molar-refractivity contribution in [3.63, 3.8) is 0 Å². The number of amides is 1. The van der Waals surface area contributed by atoms with Crippen molar-refractivity contribution in [2.24, 2.45) is 0 Å². The zero-order valence-electron chi connectivity index (χ0n) is 12.2. The molecule has 126 valence electrons. The van der Waals surface area contributed by atoms with E-state index in [4.69, 9.17) is 4.52 Å². The van der Waals surface area contributed by atoms with Gasteiger partial charge in [-0.1, -0.05) is 16.9 Å². The molecule has 7 nitrogen and oxygen atoms in total. The van der Waals surface area contributed by atoms with Crippen LogP contribution in [0.2, 0.25) is 0 Å². The number of halogens is 3. The lowest BCUT2D eigenvalue weighted by molar-refractivity contribution is -0.137. The van der Waals surface area contributed by atoms with Crippen molar-refractivity contribution in [2.45, 2.75) is 18.3 Å². The van der Waals surface area contributed by atoms with Crippen LogP contribution in [0, 0.1) is 6.92 Å². The number of thioether (sulfide) groups is 1. The molecular formula is C13H10F3N5O2S. The van der Waals surface area contributed by atoms with Gasteiger partial charge in [-0.3, -0.25) is 14.5 Å². The lowest BCUT2D eigenvalue weighted by atomic mass is 10.3. The van der Waals surface area contributed by atoms with Crippen molar-refractivity contribution in [1.82, 2.24) is 19.8 Å². The van der Waals surface area contributed by atoms with E-state index in [1.165, 1.54) is 10.5 Å². The molecule has 0 unspecified atom stereocenters. The fourth-order valence-electron chi connectivity index (χ4n) is 1.86. The largest absolute Gasteiger partial charge is 0.417 e. The lowest BCUT2D eigenvalue weighted by Gasteiger charge is -2.07. The van der Waals surface area contributed by atoms with Crippen molar-refractivity contribution < 1.29 is 22.5 Å². The van der Waals surface area contributed by atoms with Gasteiger partial charge in [-0.15, -0.1) is 10.2 Å². The number of hydrogen-bond acceptors (Lipinski definition) is 6. The highest BCUT2D eigenvalue weighted by Crippen LogP contribution is 2.30. The third-order valence-corrected chi connectivity index (χ3v) is 3.86. The molecule has 0 aliphatic rings. The highest BCUT2D eigenvalue weighted by atomic mass is 32.2. The Morgan fingerprint density at radius 2 is 2.17 bits per heavy atom. The fourth-order valence-corrected chi connectivity index (χ4v) is 2.58. The molecule has 0 saturated carbocycles. The van der Waals surface area contributed by atoms with Gasteiger partial charge in [-0.05, 0) is 19.1 Å². The zero-order valence-corrected chi connectivity index (χ0v) is 13.0. The summed E-state index contributed by atoms with van der Waals surface area (Å²) in [6.45, 7) is 1.70. The quantitative estimate of drug-likeness (QED) is 0.723. The van der Waals surface area contributed by atoms with Gasteiger partial charge in [0.15, 0.2) is 10.8 Å². The van der Waals surface area contributed by atoms with Crippen molar-refractivity contribution >= 4 is 29.2 Å². The zero-order chi connectivity index (χ0) is 17.3. The normalized spacial score (nSPS) is 11.8. The molecule has 3 heterocycles. The minimum absolute atomic E-state index is 0.0726. The predicted molar refractivity (Wildman–Crippen MR) is 78.6 cm³/mol. The minimum Gasteiger partial charge on any atom is -0.338 e. The van der Waals surface area contributed by atoms with Crippen molar-refractivity contribution in [3.8, 4) is 0 Å². The van der Waals surface area contributed by atoms with E-state index in [1.54, 1.807) is 13.0 Å². The van der Waals surface area contributed by atoms with Gasteiger partial charge in [-0.2, -0.15) is 13.2 Å². The van der Waals surface area contributed by atoms with Gasteiger partial charge in [0.1, 0.15) is 0 Å². The van der Waals surface area contributed by atoms with E-state index in [1.807, 2.05) is 0 Å². The number of hydrogen-bond donors (Lipinski definition) is 1. The molecule has 0 fully saturated rings. The first-order valence-electron chi connectivity index (χ1n) is 6.61. The van der Waals surface area contributed by atoms with Gasteiger partial charge < -0.3 is 4.52 Å². The van der Waals surface area contributed by atoms with Gasteiger partial charge in [0.25, 0.3) is 0 Å². The summed E-state index contributed by atoms with van der Waals surface area (Å²) in [4.78, 5) is 11.8. The Morgan fingerprint density at radius 3 is 2.83 bits per heavy atom. The monoisotopic (exact) mass is 357 g/mol.